The van der Waals surface area contributed by atoms with Gasteiger partial charge in [-0.1, -0.05) is 120 Å². The van der Waals surface area contributed by atoms with Crippen LogP contribution >= 0.6 is 34.7 Å². The van der Waals surface area contributed by atoms with Gasteiger partial charge in [0, 0.05) is 11.6 Å². The van der Waals surface area contributed by atoms with Crippen LogP contribution in [0.15, 0.2) is 132 Å². The molecule has 11 nitrogen and oxygen atoms in total. The lowest BCUT2D eigenvalue weighted by Crippen LogP contribution is -2.71. The number of halogens is 1. The maximum atomic E-state index is 14.1. The predicted molar refractivity (Wildman–Crippen MR) is 214 cm³/mol. The molecule has 2 atom stereocenters. The van der Waals surface area contributed by atoms with E-state index in [1.54, 1.807) is 31.4 Å². The summed E-state index contributed by atoms with van der Waals surface area (Å²) in [6.45, 7) is -0.0180. The maximum Gasteiger partial charge on any atom is 0.355 e. The Morgan fingerprint density at radius 3 is 2.04 bits per heavy atom. The van der Waals surface area contributed by atoms with Crippen LogP contribution in [0, 0.1) is 0 Å². The van der Waals surface area contributed by atoms with Gasteiger partial charge in [-0.25, -0.2) is 9.78 Å². The quantitative estimate of drug-likeness (QED) is 0.0361. The number of nitrogen functional groups attached to an aromatic ring is 1. The third-order valence-electron chi connectivity index (χ3n) is 9.43. The van der Waals surface area contributed by atoms with E-state index in [9.17, 15) is 14.4 Å². The summed E-state index contributed by atoms with van der Waals surface area (Å²) in [6, 6.07) is 36.0. The van der Waals surface area contributed by atoms with Crippen molar-refractivity contribution in [1.29, 1.82) is 0 Å². The lowest BCUT2D eigenvalue weighted by molar-refractivity contribution is -0.153. The summed E-state index contributed by atoms with van der Waals surface area (Å²) in [5.41, 5.74) is 9.92. The summed E-state index contributed by atoms with van der Waals surface area (Å²) in [5.74, 6) is -0.837. The minimum atomic E-state index is -0.989. The fourth-order valence-electron chi connectivity index (χ4n) is 6.80. The van der Waals surface area contributed by atoms with Crippen LogP contribution in [-0.4, -0.2) is 70.6 Å². The lowest BCUT2D eigenvalue weighted by atomic mass is 9.70. The van der Waals surface area contributed by atoms with Crippen molar-refractivity contribution in [3.63, 3.8) is 0 Å². The molecule has 55 heavy (non-hydrogen) atoms. The van der Waals surface area contributed by atoms with Crippen LogP contribution in [0.25, 0.3) is 0 Å². The van der Waals surface area contributed by atoms with E-state index < -0.39 is 34.6 Å². The number of thiazole rings is 1. The first-order chi connectivity index (χ1) is 26.8. The zero-order chi connectivity index (χ0) is 38.5. The van der Waals surface area contributed by atoms with Crippen LogP contribution in [0.4, 0.5) is 5.00 Å². The van der Waals surface area contributed by atoms with Gasteiger partial charge in [0.25, 0.3) is 11.8 Å². The van der Waals surface area contributed by atoms with Crippen LogP contribution in [0.3, 0.4) is 0 Å². The molecular weight excluding hydrogens is 758 g/mol. The number of methoxy groups -OCH3 is 1. The third-order valence-corrected chi connectivity index (χ3v) is 12.1. The first kappa shape index (κ1) is 37.7. The van der Waals surface area contributed by atoms with E-state index in [4.69, 9.17) is 36.6 Å². The molecule has 0 aliphatic carbocycles. The average Bonchev–Trinajstić information content (AvgIpc) is 3.62. The molecule has 14 heteroatoms. The Balaban J connectivity index is 1.17. The molecule has 1 saturated heterocycles. The van der Waals surface area contributed by atoms with E-state index in [1.807, 2.05) is 91.0 Å². The normalized spacial score (nSPS) is 16.9. The molecule has 1 aromatic heterocycles. The van der Waals surface area contributed by atoms with Gasteiger partial charge in [-0.2, -0.15) is 0 Å². The lowest BCUT2D eigenvalue weighted by Gasteiger charge is -2.49. The summed E-state index contributed by atoms with van der Waals surface area (Å²) < 4.78 is 10.8. The number of fused-ring (bicyclic) bond motifs is 1. The number of carbonyl (C=O) groups is 3. The number of rotatable bonds is 13. The van der Waals surface area contributed by atoms with E-state index in [0.29, 0.717) is 22.1 Å². The first-order valence-corrected chi connectivity index (χ1v) is 19.6. The highest BCUT2D eigenvalue weighted by Gasteiger charge is 2.55. The van der Waals surface area contributed by atoms with Crippen molar-refractivity contribution in [3.05, 3.63) is 159 Å². The first-order valence-electron chi connectivity index (χ1n) is 17.2. The monoisotopic (exact) mass is 793 g/mol. The number of ether oxygens (including phenoxy) is 2. The molecule has 0 bridgehead atoms. The molecule has 2 aliphatic heterocycles. The topological polar surface area (TPSA) is 145 Å². The van der Waals surface area contributed by atoms with Crippen molar-refractivity contribution < 1.29 is 28.7 Å². The van der Waals surface area contributed by atoms with Gasteiger partial charge >= 0.3 is 5.97 Å². The molecule has 4 aromatic carbocycles. The number of benzene rings is 4. The summed E-state index contributed by atoms with van der Waals surface area (Å²) in [4.78, 5) is 52.8. The fraction of sp³-hybridized carbons (Fsp3) is 0.195. The molecule has 280 valence electrons. The molecular formula is C41H36ClN5O6S2. The molecule has 0 spiro atoms. The van der Waals surface area contributed by atoms with Gasteiger partial charge in [0.15, 0.2) is 5.71 Å². The number of nitrogens with zero attached hydrogens (tertiary/aromatic N) is 3. The number of esters is 1. The molecule has 5 aromatic rings. The van der Waals surface area contributed by atoms with Gasteiger partial charge in [0.2, 0.25) is 0 Å². The average molecular weight is 794 g/mol. The molecule has 7 rings (SSSR count). The Bertz CT molecular complexity index is 2150. The highest BCUT2D eigenvalue weighted by atomic mass is 35.5. The third kappa shape index (κ3) is 7.06. The summed E-state index contributed by atoms with van der Waals surface area (Å²) in [7, 11) is 2.88. The van der Waals surface area contributed by atoms with Gasteiger partial charge in [-0.15, -0.1) is 23.4 Å². The van der Waals surface area contributed by atoms with Crippen molar-refractivity contribution >= 4 is 63.2 Å². The number of carbonyl (C=O) groups excluding carboxylic acids is 3. The smallest absolute Gasteiger partial charge is 0.355 e. The maximum absolute atomic E-state index is 14.1. The number of amides is 2. The summed E-state index contributed by atoms with van der Waals surface area (Å²) in [6.07, 6.45) is 0. The SMILES string of the molecule is CO/N=C(\C(=O)NC1C(=O)N2C(C(=O)OCc3ccc(OC)cc3)=C(CCl)CS[C@H]12)c1nc(C(c2ccccc2)(c2ccccc2)c2ccccc2)sc1N. The largest absolute Gasteiger partial charge is 0.497 e. The number of alkyl halides is 1. The molecule has 0 radical (unpaired) electrons. The van der Waals surface area contributed by atoms with Crippen molar-refractivity contribution in [3.8, 4) is 5.75 Å². The molecule has 1 fully saturated rings. The van der Waals surface area contributed by atoms with Gasteiger partial charge in [-0.05, 0) is 40.0 Å². The van der Waals surface area contributed by atoms with E-state index in [1.165, 1.54) is 35.1 Å². The number of aromatic nitrogens is 1. The Labute approximate surface area is 331 Å². The highest BCUT2D eigenvalue weighted by Crippen LogP contribution is 2.48. The zero-order valence-electron chi connectivity index (χ0n) is 29.8. The summed E-state index contributed by atoms with van der Waals surface area (Å²) in [5, 5.41) is 7.12. The Morgan fingerprint density at radius 1 is 0.927 bits per heavy atom. The number of anilines is 1. The number of nitrogens with two attached hydrogens (primary N) is 1. The van der Waals surface area contributed by atoms with Crippen LogP contribution in [0.1, 0.15) is 33.0 Å². The number of hydrogen-bond acceptors (Lipinski definition) is 11. The van der Waals surface area contributed by atoms with E-state index >= 15 is 0 Å². The second-order valence-electron chi connectivity index (χ2n) is 12.6. The standard InChI is InChI=1S/C41H36ClN5O6S2/c1-51-30-20-18-25(19-21-30)23-53-39(50)34-26(22-42)24-54-38-33(37(49)47(34)38)44-36(48)32(46-52-2)31-35(43)55-40(45-31)41(27-12-6-3-7-13-27,28-14-8-4-9-15-28)29-16-10-5-11-17-29/h3-21,33,38H,22-24,43H2,1-2H3,(H,44,48)/b46-32-/t33?,38-/m1/s1. The zero-order valence-corrected chi connectivity index (χ0v) is 32.2. The molecule has 0 saturated carbocycles. The second kappa shape index (κ2) is 16.4. The number of oxime groups is 1. The van der Waals surface area contributed by atoms with E-state index in [0.717, 1.165) is 22.3 Å². The van der Waals surface area contributed by atoms with Crippen LogP contribution < -0.4 is 15.8 Å². The van der Waals surface area contributed by atoms with Crippen LogP contribution in [0.2, 0.25) is 0 Å². The van der Waals surface area contributed by atoms with Gasteiger partial charge in [-0.3, -0.25) is 14.5 Å². The van der Waals surface area contributed by atoms with E-state index in [-0.39, 0.29) is 34.6 Å². The number of β-lactam (4-membered cyclic amide) rings is 1. The Kier molecular flexibility index (Phi) is 11.2. The summed E-state index contributed by atoms with van der Waals surface area (Å²) >= 11 is 8.86. The minimum absolute atomic E-state index is 0.0180. The van der Waals surface area contributed by atoms with Crippen molar-refractivity contribution in [1.82, 2.24) is 15.2 Å². The fourth-order valence-corrected chi connectivity index (χ4v) is 9.57. The minimum Gasteiger partial charge on any atom is -0.497 e. The van der Waals surface area contributed by atoms with Crippen LogP contribution in [0.5, 0.6) is 5.75 Å². The van der Waals surface area contributed by atoms with Crippen molar-refractivity contribution in [2.45, 2.75) is 23.4 Å². The molecule has 1 unspecified atom stereocenters. The Hall–Kier alpha value is -5.63. The predicted octanol–water partition coefficient (Wildman–Crippen LogP) is 6.10. The molecule has 2 amide bonds. The van der Waals surface area contributed by atoms with Gasteiger partial charge in [0.1, 0.15) is 52.3 Å². The van der Waals surface area contributed by atoms with Crippen molar-refractivity contribution in [2.24, 2.45) is 5.16 Å². The number of hydrogen-bond donors (Lipinski definition) is 2. The van der Waals surface area contributed by atoms with E-state index in [2.05, 4.69) is 10.5 Å². The second-order valence-corrected chi connectivity index (χ2v) is 15.0. The molecule has 3 N–H and O–H groups in total. The number of nitrogens with one attached hydrogen (secondary N) is 1. The number of thioether (sulfide) groups is 1. The molecule has 2 aliphatic rings. The van der Waals surface area contributed by atoms with Crippen LogP contribution in [-0.2, 0) is 36.0 Å². The van der Waals surface area contributed by atoms with Crippen molar-refractivity contribution in [2.75, 3.05) is 31.6 Å². The Morgan fingerprint density at radius 2 is 1.51 bits per heavy atom. The van der Waals surface area contributed by atoms with Gasteiger partial charge in [0.05, 0.1) is 12.5 Å². The van der Waals surface area contributed by atoms with Gasteiger partial charge < -0.3 is 25.4 Å². The highest BCUT2D eigenvalue weighted by molar-refractivity contribution is 8.00. The molecule has 3 heterocycles.